The number of aliphatic hydroxyl groups is 2. The lowest BCUT2D eigenvalue weighted by Crippen LogP contribution is -2.28. The van der Waals surface area contributed by atoms with Gasteiger partial charge >= 0.3 is 0 Å². The number of benzene rings is 1. The number of amides is 1. The first kappa shape index (κ1) is 23.4. The number of carbonyl (C=O) groups excluding carboxylic acids is 1. The van der Waals surface area contributed by atoms with Crippen LogP contribution in [-0.2, 0) is 14.6 Å². The lowest BCUT2D eigenvalue weighted by molar-refractivity contribution is -0.118. The molecule has 1 aromatic carbocycles. The number of aromatic nitrogens is 1. The summed E-state index contributed by atoms with van der Waals surface area (Å²) in [7, 11) is -3.30. The highest BCUT2D eigenvalue weighted by molar-refractivity contribution is 7.92. The van der Waals surface area contributed by atoms with Crippen molar-refractivity contribution >= 4 is 32.2 Å². The SMILES string of the molecule is O=C(Nc1nc(C(O)CO)cs1)[C@H](CC1CCCC1)c1ccc(S(=O)(=O)C2CCC2)cc1. The Hall–Kier alpha value is -1.81. The van der Waals surface area contributed by atoms with E-state index in [-0.39, 0.29) is 11.2 Å². The van der Waals surface area contributed by atoms with Gasteiger partial charge in [-0.05, 0) is 42.9 Å². The van der Waals surface area contributed by atoms with Gasteiger partial charge in [-0.2, -0.15) is 0 Å². The van der Waals surface area contributed by atoms with E-state index in [2.05, 4.69) is 10.3 Å². The van der Waals surface area contributed by atoms with Crippen molar-refractivity contribution in [3.63, 3.8) is 0 Å². The molecular weight excluding hydrogens is 448 g/mol. The number of aliphatic hydroxyl groups excluding tert-OH is 2. The smallest absolute Gasteiger partial charge is 0.233 e. The molecule has 1 aromatic heterocycles. The maximum absolute atomic E-state index is 13.2. The Kier molecular flexibility index (Phi) is 7.29. The van der Waals surface area contributed by atoms with Crippen LogP contribution in [0.3, 0.4) is 0 Å². The van der Waals surface area contributed by atoms with Gasteiger partial charge in [0.25, 0.3) is 0 Å². The van der Waals surface area contributed by atoms with E-state index in [0.717, 1.165) is 37.7 Å². The predicted molar refractivity (Wildman–Crippen MR) is 123 cm³/mol. The van der Waals surface area contributed by atoms with Crippen LogP contribution in [0.5, 0.6) is 0 Å². The Bertz CT molecular complexity index is 1020. The van der Waals surface area contributed by atoms with Crippen LogP contribution in [0.25, 0.3) is 0 Å². The molecule has 174 valence electrons. The number of hydrogen-bond donors (Lipinski definition) is 3. The maximum Gasteiger partial charge on any atom is 0.233 e. The minimum absolute atomic E-state index is 0.189. The van der Waals surface area contributed by atoms with Gasteiger partial charge in [0.2, 0.25) is 5.91 Å². The summed E-state index contributed by atoms with van der Waals surface area (Å²) in [6, 6.07) is 6.81. The van der Waals surface area contributed by atoms with Gasteiger partial charge in [-0.15, -0.1) is 11.3 Å². The molecule has 2 aromatic rings. The van der Waals surface area contributed by atoms with Crippen LogP contribution in [-0.4, -0.2) is 41.4 Å². The van der Waals surface area contributed by atoms with Crippen molar-refractivity contribution in [1.82, 2.24) is 4.98 Å². The lowest BCUT2D eigenvalue weighted by Gasteiger charge is -2.25. The van der Waals surface area contributed by atoms with Crippen molar-refractivity contribution in [1.29, 1.82) is 0 Å². The van der Waals surface area contributed by atoms with Gasteiger partial charge in [-0.3, -0.25) is 4.79 Å². The van der Waals surface area contributed by atoms with Crippen molar-refractivity contribution < 1.29 is 23.4 Å². The topological polar surface area (TPSA) is 117 Å². The van der Waals surface area contributed by atoms with E-state index in [9.17, 15) is 18.3 Å². The third-order valence-corrected chi connectivity index (χ3v) is 9.78. The molecule has 1 heterocycles. The number of rotatable bonds is 9. The molecule has 4 rings (SSSR count). The van der Waals surface area contributed by atoms with Crippen LogP contribution in [0, 0.1) is 5.92 Å². The molecule has 2 saturated carbocycles. The van der Waals surface area contributed by atoms with Crippen LogP contribution in [0.1, 0.15) is 74.6 Å². The van der Waals surface area contributed by atoms with Crippen molar-refractivity contribution in [3.05, 3.63) is 40.9 Å². The van der Waals surface area contributed by atoms with Gasteiger partial charge < -0.3 is 15.5 Å². The Morgan fingerprint density at radius 2 is 1.81 bits per heavy atom. The van der Waals surface area contributed by atoms with E-state index in [4.69, 9.17) is 5.11 Å². The number of thiazole rings is 1. The third kappa shape index (κ3) is 5.06. The number of sulfone groups is 1. The Balaban J connectivity index is 1.53. The van der Waals surface area contributed by atoms with Gasteiger partial charge in [0.05, 0.1) is 28.4 Å². The molecular formula is C23H30N2O5S2. The fourth-order valence-electron chi connectivity index (χ4n) is 4.52. The van der Waals surface area contributed by atoms with Crippen molar-refractivity contribution in [3.8, 4) is 0 Å². The van der Waals surface area contributed by atoms with Gasteiger partial charge in [-0.1, -0.05) is 44.2 Å². The minimum Gasteiger partial charge on any atom is -0.393 e. The summed E-state index contributed by atoms with van der Waals surface area (Å²) >= 11 is 1.20. The summed E-state index contributed by atoms with van der Waals surface area (Å²) in [6.07, 6.45) is 6.58. The molecule has 9 heteroatoms. The molecule has 7 nitrogen and oxygen atoms in total. The Morgan fingerprint density at radius 1 is 1.12 bits per heavy atom. The molecule has 0 radical (unpaired) electrons. The second-order valence-electron chi connectivity index (χ2n) is 8.87. The molecule has 0 bridgehead atoms. The molecule has 2 fully saturated rings. The largest absolute Gasteiger partial charge is 0.393 e. The highest BCUT2D eigenvalue weighted by Crippen LogP contribution is 2.36. The van der Waals surface area contributed by atoms with Crippen LogP contribution >= 0.6 is 11.3 Å². The fourth-order valence-corrected chi connectivity index (χ4v) is 7.13. The van der Waals surface area contributed by atoms with Crippen LogP contribution in [0.15, 0.2) is 34.5 Å². The molecule has 0 saturated heterocycles. The zero-order valence-electron chi connectivity index (χ0n) is 17.9. The van der Waals surface area contributed by atoms with E-state index >= 15 is 0 Å². The van der Waals surface area contributed by atoms with Crippen molar-refractivity contribution in [2.45, 2.75) is 73.5 Å². The summed E-state index contributed by atoms with van der Waals surface area (Å²) in [5.74, 6) is -0.133. The zero-order valence-corrected chi connectivity index (χ0v) is 19.6. The van der Waals surface area contributed by atoms with E-state index in [1.54, 1.807) is 29.6 Å². The van der Waals surface area contributed by atoms with E-state index in [0.29, 0.717) is 28.1 Å². The minimum atomic E-state index is -3.30. The van der Waals surface area contributed by atoms with Crippen molar-refractivity contribution in [2.24, 2.45) is 5.92 Å². The normalized spacial score (nSPS) is 19.4. The van der Waals surface area contributed by atoms with Crippen LogP contribution in [0.4, 0.5) is 5.13 Å². The molecule has 0 spiro atoms. The quantitative estimate of drug-likeness (QED) is 0.505. The standard InChI is InChI=1S/C23H30N2O5S2/c26-13-21(27)20-14-31-23(24-20)25-22(28)19(12-15-4-1-2-5-15)16-8-10-18(11-9-16)32(29,30)17-6-3-7-17/h8-11,14-15,17,19,21,26-27H,1-7,12-13H2,(H,24,25,28)/t19-,21?/m1/s1. The number of nitrogens with one attached hydrogen (secondary N) is 1. The van der Waals surface area contributed by atoms with E-state index in [1.807, 2.05) is 0 Å². The Morgan fingerprint density at radius 3 is 2.41 bits per heavy atom. The molecule has 3 N–H and O–H groups in total. The zero-order chi connectivity index (χ0) is 22.7. The van der Waals surface area contributed by atoms with Crippen LogP contribution < -0.4 is 5.32 Å². The summed E-state index contributed by atoms with van der Waals surface area (Å²) in [6.45, 7) is -0.433. The first-order valence-electron chi connectivity index (χ1n) is 11.3. The summed E-state index contributed by atoms with van der Waals surface area (Å²) < 4.78 is 25.4. The number of carbonyl (C=O) groups is 1. The average molecular weight is 479 g/mol. The first-order valence-corrected chi connectivity index (χ1v) is 13.7. The number of hydrogen-bond acceptors (Lipinski definition) is 7. The predicted octanol–water partition coefficient (Wildman–Crippen LogP) is 3.80. The number of nitrogens with zero attached hydrogens (tertiary/aromatic N) is 1. The highest BCUT2D eigenvalue weighted by Gasteiger charge is 2.33. The number of anilines is 1. The van der Waals surface area contributed by atoms with Gasteiger partial charge in [0, 0.05) is 5.38 Å². The first-order chi connectivity index (χ1) is 15.4. The molecule has 2 aliphatic rings. The molecule has 0 aliphatic heterocycles. The van der Waals surface area contributed by atoms with Crippen LogP contribution in [0.2, 0.25) is 0 Å². The monoisotopic (exact) mass is 478 g/mol. The summed E-state index contributed by atoms with van der Waals surface area (Å²) in [5, 5.41) is 23.4. The molecule has 1 amide bonds. The molecule has 2 aliphatic carbocycles. The molecule has 32 heavy (non-hydrogen) atoms. The van der Waals surface area contributed by atoms with E-state index in [1.165, 1.54) is 24.2 Å². The lowest BCUT2D eigenvalue weighted by atomic mass is 9.87. The fraction of sp³-hybridized carbons (Fsp3) is 0.565. The third-order valence-electron chi connectivity index (χ3n) is 6.73. The Labute approximate surface area is 192 Å². The average Bonchev–Trinajstić information content (AvgIpc) is 3.42. The molecule has 1 unspecified atom stereocenters. The molecule has 2 atom stereocenters. The van der Waals surface area contributed by atoms with Gasteiger partial charge in [0.1, 0.15) is 6.10 Å². The second-order valence-corrected chi connectivity index (χ2v) is 12.0. The summed E-state index contributed by atoms with van der Waals surface area (Å²) in [4.78, 5) is 17.8. The second kappa shape index (κ2) is 9.99. The van der Waals surface area contributed by atoms with Gasteiger partial charge in [-0.25, -0.2) is 13.4 Å². The van der Waals surface area contributed by atoms with E-state index < -0.39 is 28.5 Å². The summed E-state index contributed by atoms with van der Waals surface area (Å²) in [5.41, 5.74) is 1.12. The van der Waals surface area contributed by atoms with Gasteiger partial charge in [0.15, 0.2) is 15.0 Å². The maximum atomic E-state index is 13.2. The van der Waals surface area contributed by atoms with Crippen molar-refractivity contribution in [2.75, 3.05) is 11.9 Å². The highest BCUT2D eigenvalue weighted by atomic mass is 32.2.